The van der Waals surface area contributed by atoms with Gasteiger partial charge in [-0.2, -0.15) is 13.2 Å². The van der Waals surface area contributed by atoms with Gasteiger partial charge in [-0.05, 0) is 38.1 Å². The molecule has 2 aromatic heterocycles. The highest BCUT2D eigenvalue weighted by molar-refractivity contribution is 5.81. The molecule has 0 unspecified atom stereocenters. The van der Waals surface area contributed by atoms with Crippen molar-refractivity contribution in [2.75, 3.05) is 31.7 Å². The van der Waals surface area contributed by atoms with Crippen molar-refractivity contribution in [3.05, 3.63) is 51.6 Å². The Kier molecular flexibility index (Phi) is 7.15. The Morgan fingerprint density at radius 2 is 1.88 bits per heavy atom. The maximum absolute atomic E-state index is 12.9. The van der Waals surface area contributed by atoms with E-state index in [-0.39, 0.29) is 43.6 Å². The number of pyridine rings is 1. The van der Waals surface area contributed by atoms with E-state index >= 15 is 0 Å². The zero-order valence-electron chi connectivity index (χ0n) is 17.2. The lowest BCUT2D eigenvalue weighted by molar-refractivity contribution is -0.137. The molecule has 0 saturated carbocycles. The van der Waals surface area contributed by atoms with Crippen LogP contribution in [0.5, 0.6) is 5.75 Å². The number of aliphatic hydroxyl groups excluding tert-OH is 1. The summed E-state index contributed by atoms with van der Waals surface area (Å²) >= 11 is 0. The van der Waals surface area contributed by atoms with Crippen molar-refractivity contribution in [2.24, 2.45) is 0 Å². The van der Waals surface area contributed by atoms with Gasteiger partial charge < -0.3 is 19.9 Å². The molecule has 0 atom stereocenters. The summed E-state index contributed by atoms with van der Waals surface area (Å²) in [6.45, 7) is 3.84. The number of hydrogen-bond acceptors (Lipinski definition) is 8. The zero-order valence-corrected chi connectivity index (χ0v) is 17.2. The maximum Gasteiger partial charge on any atom is 0.439 e. The van der Waals surface area contributed by atoms with E-state index in [1.807, 2.05) is 0 Å². The molecule has 0 radical (unpaired) electrons. The van der Waals surface area contributed by atoms with Crippen LogP contribution in [0.15, 0.2) is 33.6 Å². The third kappa shape index (κ3) is 5.45. The normalized spacial score (nSPS) is 11.6. The van der Waals surface area contributed by atoms with E-state index in [0.717, 1.165) is 12.1 Å². The largest absolute Gasteiger partial charge is 0.490 e. The average molecular weight is 454 g/mol. The van der Waals surface area contributed by atoms with E-state index in [1.54, 1.807) is 13.8 Å². The van der Waals surface area contributed by atoms with E-state index < -0.39 is 17.5 Å². The monoisotopic (exact) mass is 454 g/mol. The number of hydrogen-bond donors (Lipinski definition) is 3. The van der Waals surface area contributed by atoms with Crippen LogP contribution in [0.3, 0.4) is 0 Å². The first kappa shape index (κ1) is 23.3. The summed E-state index contributed by atoms with van der Waals surface area (Å²) in [7, 11) is 0. The third-order valence-corrected chi connectivity index (χ3v) is 4.49. The Morgan fingerprint density at radius 3 is 2.47 bits per heavy atom. The molecular formula is C20H21F3N4O5. The number of nitrogens with one attached hydrogen (secondary N) is 2. The van der Waals surface area contributed by atoms with Gasteiger partial charge in [-0.3, -0.25) is 9.51 Å². The molecule has 2 heterocycles. The molecular weight excluding hydrogens is 433 g/mol. The van der Waals surface area contributed by atoms with Gasteiger partial charge in [0.2, 0.25) is 0 Å². The van der Waals surface area contributed by atoms with Crippen molar-refractivity contribution >= 4 is 11.5 Å². The number of rotatable bonds is 9. The van der Waals surface area contributed by atoms with Crippen LogP contribution >= 0.6 is 0 Å². The molecule has 9 nitrogen and oxygen atoms in total. The number of aromatic nitrogens is 3. The fourth-order valence-electron chi connectivity index (χ4n) is 2.84. The lowest BCUT2D eigenvalue weighted by Crippen LogP contribution is -2.12. The van der Waals surface area contributed by atoms with Crippen LogP contribution < -0.4 is 15.8 Å². The van der Waals surface area contributed by atoms with Crippen LogP contribution in [0.2, 0.25) is 0 Å². The van der Waals surface area contributed by atoms with E-state index in [1.165, 1.54) is 12.1 Å². The van der Waals surface area contributed by atoms with Gasteiger partial charge in [0.1, 0.15) is 23.7 Å². The summed E-state index contributed by atoms with van der Waals surface area (Å²) in [6, 6.07) is 4.41. The van der Waals surface area contributed by atoms with E-state index in [2.05, 4.69) is 25.0 Å². The summed E-state index contributed by atoms with van der Waals surface area (Å²) < 4.78 is 54.2. The summed E-state index contributed by atoms with van der Waals surface area (Å²) in [5.41, 5.74) is 1.05. The van der Waals surface area contributed by atoms with E-state index in [4.69, 9.17) is 14.6 Å². The summed E-state index contributed by atoms with van der Waals surface area (Å²) in [5, 5.41) is 15.5. The van der Waals surface area contributed by atoms with Gasteiger partial charge in [0, 0.05) is 16.9 Å². The summed E-state index contributed by atoms with van der Waals surface area (Å²) in [6.07, 6.45) is -4.46. The summed E-state index contributed by atoms with van der Waals surface area (Å²) in [5.74, 6) is -0.227. The number of halogens is 3. The van der Waals surface area contributed by atoms with Gasteiger partial charge in [-0.15, -0.1) is 0 Å². The van der Waals surface area contributed by atoms with E-state index in [9.17, 15) is 18.0 Å². The molecule has 0 aliphatic heterocycles. The molecule has 0 bridgehead atoms. The molecule has 172 valence electrons. The number of nitrogens with zero attached hydrogens (tertiary/aromatic N) is 2. The van der Waals surface area contributed by atoms with Gasteiger partial charge in [-0.25, -0.2) is 9.78 Å². The molecule has 0 spiro atoms. The minimum absolute atomic E-state index is 0.0336. The maximum atomic E-state index is 12.9. The molecule has 0 saturated heterocycles. The minimum Gasteiger partial charge on any atom is -0.490 e. The van der Waals surface area contributed by atoms with Gasteiger partial charge in [0.15, 0.2) is 5.82 Å². The molecule has 3 rings (SSSR count). The molecule has 0 amide bonds. The van der Waals surface area contributed by atoms with Crippen LogP contribution in [0, 0.1) is 13.8 Å². The van der Waals surface area contributed by atoms with Gasteiger partial charge in [0.05, 0.1) is 25.4 Å². The second kappa shape index (κ2) is 9.83. The predicted octanol–water partition coefficient (Wildman–Crippen LogP) is 3.19. The second-order valence-electron chi connectivity index (χ2n) is 6.70. The van der Waals surface area contributed by atoms with Crippen molar-refractivity contribution in [3.63, 3.8) is 0 Å². The van der Waals surface area contributed by atoms with Crippen LogP contribution in [0.4, 0.5) is 24.7 Å². The quantitative estimate of drug-likeness (QED) is 0.422. The fraction of sp³-hybridized carbons (Fsp3) is 0.350. The van der Waals surface area contributed by atoms with Crippen LogP contribution in [0.1, 0.15) is 16.8 Å². The molecule has 3 aromatic rings. The number of aromatic amines is 1. The molecule has 0 fully saturated rings. The first-order valence-electron chi connectivity index (χ1n) is 9.54. The standard InChI is InChI=1S/C20H21F3N4O5/c1-11-12(2)24-17(25-14-5-3-13(4-6-14)20(21,22)23)15(18-26-19(29)32-27-18)16(11)31-10-9-30-8-7-28/h3-6,28H,7-10H2,1-2H3,(H,24,25)(H,26,27,29). The molecule has 3 N–H and O–H groups in total. The lowest BCUT2D eigenvalue weighted by atomic mass is 10.1. The van der Waals surface area contributed by atoms with Crippen LogP contribution in [-0.2, 0) is 10.9 Å². The summed E-state index contributed by atoms with van der Waals surface area (Å²) in [4.78, 5) is 18.4. The molecule has 32 heavy (non-hydrogen) atoms. The first-order chi connectivity index (χ1) is 15.2. The van der Waals surface area contributed by atoms with Crippen molar-refractivity contribution < 1.29 is 32.3 Å². The number of ether oxygens (including phenoxy) is 2. The number of anilines is 2. The van der Waals surface area contributed by atoms with Gasteiger partial charge >= 0.3 is 11.9 Å². The first-order valence-corrected chi connectivity index (χ1v) is 9.54. The highest BCUT2D eigenvalue weighted by Crippen LogP contribution is 2.39. The molecule has 1 aromatic carbocycles. The van der Waals surface area contributed by atoms with Crippen molar-refractivity contribution in [1.82, 2.24) is 15.1 Å². The van der Waals surface area contributed by atoms with Gasteiger partial charge in [-0.1, -0.05) is 5.16 Å². The van der Waals surface area contributed by atoms with Crippen molar-refractivity contribution in [2.45, 2.75) is 20.0 Å². The highest BCUT2D eigenvalue weighted by atomic mass is 19.4. The Hall–Kier alpha value is -3.38. The lowest BCUT2D eigenvalue weighted by Gasteiger charge is -2.18. The minimum atomic E-state index is -4.46. The number of H-pyrrole nitrogens is 1. The number of benzene rings is 1. The van der Waals surface area contributed by atoms with Crippen molar-refractivity contribution in [1.29, 1.82) is 0 Å². The Labute approximate surface area is 180 Å². The Bertz CT molecular complexity index is 1110. The molecule has 12 heteroatoms. The predicted molar refractivity (Wildman–Crippen MR) is 108 cm³/mol. The van der Waals surface area contributed by atoms with Crippen molar-refractivity contribution in [3.8, 4) is 17.1 Å². The Balaban J connectivity index is 2.00. The number of aliphatic hydroxyl groups is 1. The fourth-order valence-corrected chi connectivity index (χ4v) is 2.84. The zero-order chi connectivity index (χ0) is 23.3. The second-order valence-corrected chi connectivity index (χ2v) is 6.70. The third-order valence-electron chi connectivity index (χ3n) is 4.49. The Morgan fingerprint density at radius 1 is 1.16 bits per heavy atom. The van der Waals surface area contributed by atoms with E-state index in [0.29, 0.717) is 22.7 Å². The topological polar surface area (TPSA) is 123 Å². The molecule has 0 aliphatic rings. The smallest absolute Gasteiger partial charge is 0.439 e. The SMILES string of the molecule is Cc1nc(Nc2ccc(C(F)(F)F)cc2)c(-c2noc(=O)[nH]2)c(OCCOCCO)c1C. The number of alkyl halides is 3. The van der Waals surface area contributed by atoms with Crippen LogP contribution in [0.25, 0.3) is 11.4 Å². The highest BCUT2D eigenvalue weighted by Gasteiger charge is 2.30. The van der Waals surface area contributed by atoms with Crippen LogP contribution in [-0.4, -0.2) is 46.7 Å². The average Bonchev–Trinajstić information content (AvgIpc) is 3.16. The van der Waals surface area contributed by atoms with Gasteiger partial charge in [0.25, 0.3) is 0 Å². The molecule has 0 aliphatic carbocycles. The number of aryl methyl sites for hydroxylation is 1.